The fourth-order valence-corrected chi connectivity index (χ4v) is 2.59. The van der Waals surface area contributed by atoms with Gasteiger partial charge in [-0.05, 0) is 24.3 Å². The van der Waals surface area contributed by atoms with E-state index in [2.05, 4.69) is 6.07 Å². The lowest BCUT2D eigenvalue weighted by atomic mass is 10.2. The minimum absolute atomic E-state index is 0.0263. The highest BCUT2D eigenvalue weighted by atomic mass is 32.2. The number of thioether (sulfide) groups is 1. The van der Waals surface area contributed by atoms with Gasteiger partial charge >= 0.3 is 0 Å². The molecule has 2 rings (SSSR count). The predicted molar refractivity (Wildman–Crippen MR) is 81.7 cm³/mol. The summed E-state index contributed by atoms with van der Waals surface area (Å²) >= 11 is 1.49. The number of para-hydroxylation sites is 1. The molecule has 0 saturated heterocycles. The van der Waals surface area contributed by atoms with Gasteiger partial charge in [0.05, 0.1) is 17.0 Å². The molecule has 0 atom stereocenters. The summed E-state index contributed by atoms with van der Waals surface area (Å²) in [5.74, 6) is 0.321. The summed E-state index contributed by atoms with van der Waals surface area (Å²) in [7, 11) is 1.70. The Kier molecular flexibility index (Phi) is 4.80. The Morgan fingerprint density at radius 2 is 1.80 bits per heavy atom. The smallest absolute Gasteiger partial charge is 0.237 e. The van der Waals surface area contributed by atoms with Crippen LogP contribution in [-0.4, -0.2) is 18.7 Å². The third kappa shape index (κ3) is 3.40. The zero-order valence-electron chi connectivity index (χ0n) is 11.1. The number of hydrogen-bond donors (Lipinski definition) is 0. The fraction of sp³-hybridized carbons (Fsp3) is 0.125. The van der Waals surface area contributed by atoms with E-state index in [0.717, 1.165) is 4.90 Å². The lowest BCUT2D eigenvalue weighted by Crippen LogP contribution is -2.28. The zero-order chi connectivity index (χ0) is 14.4. The highest BCUT2D eigenvalue weighted by Crippen LogP contribution is 2.21. The maximum atomic E-state index is 12.2. The fourth-order valence-electron chi connectivity index (χ4n) is 1.75. The number of carbonyl (C=O) groups excluding carboxylic acids is 1. The average Bonchev–Trinajstić information content (AvgIpc) is 2.52. The van der Waals surface area contributed by atoms with Crippen molar-refractivity contribution in [2.75, 3.05) is 17.7 Å². The van der Waals surface area contributed by atoms with Crippen LogP contribution >= 0.6 is 11.8 Å². The van der Waals surface area contributed by atoms with Crippen molar-refractivity contribution < 1.29 is 4.79 Å². The van der Waals surface area contributed by atoms with Crippen LogP contribution in [0, 0.1) is 11.3 Å². The van der Waals surface area contributed by atoms with E-state index < -0.39 is 0 Å². The van der Waals surface area contributed by atoms with E-state index in [1.54, 1.807) is 25.2 Å². The minimum atomic E-state index is -0.0263. The van der Waals surface area contributed by atoms with Crippen LogP contribution in [-0.2, 0) is 4.79 Å². The maximum Gasteiger partial charge on any atom is 0.237 e. The van der Waals surface area contributed by atoms with Gasteiger partial charge in [0.15, 0.2) is 0 Å². The van der Waals surface area contributed by atoms with E-state index >= 15 is 0 Å². The van der Waals surface area contributed by atoms with Gasteiger partial charge < -0.3 is 4.90 Å². The van der Waals surface area contributed by atoms with Gasteiger partial charge in [0.1, 0.15) is 6.07 Å². The summed E-state index contributed by atoms with van der Waals surface area (Å²) in [6.45, 7) is 0. The third-order valence-corrected chi connectivity index (χ3v) is 3.86. The van der Waals surface area contributed by atoms with Gasteiger partial charge in [-0.1, -0.05) is 30.3 Å². The molecule has 2 aromatic rings. The number of anilines is 1. The third-order valence-electron chi connectivity index (χ3n) is 2.87. The molecular weight excluding hydrogens is 268 g/mol. The number of amides is 1. The van der Waals surface area contributed by atoms with E-state index in [9.17, 15) is 4.79 Å². The van der Waals surface area contributed by atoms with Crippen LogP contribution in [0.25, 0.3) is 0 Å². The first-order chi connectivity index (χ1) is 9.72. The Hall–Kier alpha value is -2.25. The number of hydrogen-bond acceptors (Lipinski definition) is 3. The molecule has 0 N–H and O–H groups in total. The summed E-state index contributed by atoms with van der Waals surface area (Å²) < 4.78 is 0. The van der Waals surface area contributed by atoms with Crippen LogP contribution in [0.4, 0.5) is 5.69 Å². The molecule has 1 amide bonds. The van der Waals surface area contributed by atoms with Crippen LogP contribution < -0.4 is 4.90 Å². The van der Waals surface area contributed by atoms with Crippen molar-refractivity contribution in [3.63, 3.8) is 0 Å². The van der Waals surface area contributed by atoms with E-state index in [4.69, 9.17) is 5.26 Å². The highest BCUT2D eigenvalue weighted by Gasteiger charge is 2.14. The summed E-state index contributed by atoms with van der Waals surface area (Å²) in [4.78, 5) is 14.8. The molecule has 0 fully saturated rings. The van der Waals surface area contributed by atoms with Crippen molar-refractivity contribution in [3.05, 3.63) is 60.2 Å². The standard InChI is InChI=1S/C16H14N2OS/c1-18(15-10-6-5-7-13(15)11-17)16(19)12-20-14-8-3-2-4-9-14/h2-10H,12H2,1H3. The first-order valence-electron chi connectivity index (χ1n) is 6.16. The van der Waals surface area contributed by atoms with Crippen molar-refractivity contribution >= 4 is 23.4 Å². The number of benzene rings is 2. The molecule has 0 aliphatic rings. The monoisotopic (exact) mass is 282 g/mol. The largest absolute Gasteiger partial charge is 0.313 e. The van der Waals surface area contributed by atoms with Crippen LogP contribution in [0.3, 0.4) is 0 Å². The van der Waals surface area contributed by atoms with Gasteiger partial charge in [-0.3, -0.25) is 4.79 Å². The van der Waals surface area contributed by atoms with Crippen LogP contribution in [0.2, 0.25) is 0 Å². The van der Waals surface area contributed by atoms with Gasteiger partial charge in [-0.25, -0.2) is 0 Å². The second-order valence-electron chi connectivity index (χ2n) is 4.18. The Morgan fingerprint density at radius 3 is 2.50 bits per heavy atom. The molecule has 0 radical (unpaired) electrons. The van der Waals surface area contributed by atoms with Crippen LogP contribution in [0.1, 0.15) is 5.56 Å². The van der Waals surface area contributed by atoms with Crippen molar-refractivity contribution in [3.8, 4) is 6.07 Å². The van der Waals surface area contributed by atoms with Crippen LogP contribution in [0.15, 0.2) is 59.5 Å². The number of carbonyl (C=O) groups is 1. The number of nitrogens with zero attached hydrogens (tertiary/aromatic N) is 2. The Bertz CT molecular complexity index is 634. The van der Waals surface area contributed by atoms with E-state index in [0.29, 0.717) is 17.0 Å². The first-order valence-corrected chi connectivity index (χ1v) is 7.14. The van der Waals surface area contributed by atoms with Gasteiger partial charge in [-0.15, -0.1) is 11.8 Å². The molecule has 20 heavy (non-hydrogen) atoms. The van der Waals surface area contributed by atoms with Crippen molar-refractivity contribution in [1.82, 2.24) is 0 Å². The second kappa shape index (κ2) is 6.78. The molecule has 2 aromatic carbocycles. The molecule has 0 unspecified atom stereocenters. The summed E-state index contributed by atoms with van der Waals surface area (Å²) in [5.41, 5.74) is 1.15. The number of nitriles is 1. The molecule has 0 saturated carbocycles. The molecule has 0 aliphatic carbocycles. The lowest BCUT2D eigenvalue weighted by Gasteiger charge is -2.18. The van der Waals surface area contributed by atoms with E-state index in [1.165, 1.54) is 16.7 Å². The van der Waals surface area contributed by atoms with E-state index in [-0.39, 0.29) is 5.91 Å². The van der Waals surface area contributed by atoms with Crippen molar-refractivity contribution in [1.29, 1.82) is 5.26 Å². The lowest BCUT2D eigenvalue weighted by molar-refractivity contribution is -0.115. The summed E-state index contributed by atoms with van der Waals surface area (Å²) in [6, 6.07) is 19.0. The SMILES string of the molecule is CN(C(=O)CSc1ccccc1)c1ccccc1C#N. The molecule has 100 valence electrons. The summed E-state index contributed by atoms with van der Waals surface area (Å²) in [5, 5.41) is 9.06. The van der Waals surface area contributed by atoms with E-state index in [1.807, 2.05) is 36.4 Å². The molecule has 0 bridgehead atoms. The Balaban J connectivity index is 2.04. The molecule has 0 aromatic heterocycles. The average molecular weight is 282 g/mol. The van der Waals surface area contributed by atoms with Gasteiger partial charge in [0.2, 0.25) is 5.91 Å². The van der Waals surface area contributed by atoms with Gasteiger partial charge in [-0.2, -0.15) is 5.26 Å². The van der Waals surface area contributed by atoms with Crippen molar-refractivity contribution in [2.24, 2.45) is 0 Å². The topological polar surface area (TPSA) is 44.1 Å². The normalized spacial score (nSPS) is 9.80. The molecule has 4 heteroatoms. The second-order valence-corrected chi connectivity index (χ2v) is 5.23. The minimum Gasteiger partial charge on any atom is -0.313 e. The summed E-state index contributed by atoms with van der Waals surface area (Å²) in [6.07, 6.45) is 0. The molecule has 0 spiro atoms. The molecule has 0 heterocycles. The molecular formula is C16H14N2OS. The zero-order valence-corrected chi connectivity index (χ0v) is 11.9. The highest BCUT2D eigenvalue weighted by molar-refractivity contribution is 8.00. The Morgan fingerprint density at radius 1 is 1.15 bits per heavy atom. The number of rotatable bonds is 4. The molecule has 0 aliphatic heterocycles. The first kappa shape index (κ1) is 14.2. The van der Waals surface area contributed by atoms with Crippen LogP contribution in [0.5, 0.6) is 0 Å². The van der Waals surface area contributed by atoms with Gasteiger partial charge in [0.25, 0.3) is 0 Å². The maximum absolute atomic E-state index is 12.2. The van der Waals surface area contributed by atoms with Crippen molar-refractivity contribution in [2.45, 2.75) is 4.90 Å². The quantitative estimate of drug-likeness (QED) is 0.808. The van der Waals surface area contributed by atoms with Gasteiger partial charge in [0, 0.05) is 11.9 Å². The Labute approximate surface area is 122 Å². The molecule has 3 nitrogen and oxygen atoms in total. The predicted octanol–water partition coefficient (Wildman–Crippen LogP) is 3.31.